The van der Waals surface area contributed by atoms with Crippen LogP contribution in [0.25, 0.3) is 10.6 Å². The van der Waals surface area contributed by atoms with Crippen molar-refractivity contribution in [3.05, 3.63) is 39.6 Å². The van der Waals surface area contributed by atoms with Crippen LogP contribution in [0.1, 0.15) is 5.69 Å². The third-order valence-electron chi connectivity index (χ3n) is 2.05. The smallest absolute Gasteiger partial charge is 0.309 e. The van der Waals surface area contributed by atoms with E-state index in [9.17, 15) is 9.18 Å². The molecule has 0 amide bonds. The number of carboxylic acid groups (broad SMARTS) is 1. The van der Waals surface area contributed by atoms with E-state index in [0.717, 1.165) is 5.56 Å². The summed E-state index contributed by atoms with van der Waals surface area (Å²) in [5.74, 6) is -1.25. The van der Waals surface area contributed by atoms with Gasteiger partial charge in [0.2, 0.25) is 0 Å². The summed E-state index contributed by atoms with van der Waals surface area (Å²) in [6.45, 7) is 0. The van der Waals surface area contributed by atoms with Crippen LogP contribution in [-0.4, -0.2) is 16.1 Å². The van der Waals surface area contributed by atoms with Gasteiger partial charge >= 0.3 is 5.97 Å². The second-order valence-electron chi connectivity index (χ2n) is 3.34. The van der Waals surface area contributed by atoms with Crippen LogP contribution < -0.4 is 0 Å². The third-order valence-corrected chi connectivity index (χ3v) is 3.63. The molecule has 0 unspecified atom stereocenters. The molecule has 2 rings (SSSR count). The quantitative estimate of drug-likeness (QED) is 0.945. The topological polar surface area (TPSA) is 50.2 Å². The number of halogens is 2. The third kappa shape index (κ3) is 2.89. The maximum atomic E-state index is 12.9. The lowest BCUT2D eigenvalue weighted by Crippen LogP contribution is -1.99. The molecule has 1 heterocycles. The van der Waals surface area contributed by atoms with E-state index in [4.69, 9.17) is 5.11 Å². The number of rotatable bonds is 3. The van der Waals surface area contributed by atoms with Gasteiger partial charge in [-0.25, -0.2) is 9.37 Å². The van der Waals surface area contributed by atoms with Crippen molar-refractivity contribution in [2.24, 2.45) is 0 Å². The second-order valence-corrected chi connectivity index (χ2v) is 5.05. The summed E-state index contributed by atoms with van der Waals surface area (Å²) in [6, 6.07) is 4.31. The molecule has 0 saturated heterocycles. The minimum Gasteiger partial charge on any atom is -0.481 e. The van der Waals surface area contributed by atoms with Crippen molar-refractivity contribution in [3.8, 4) is 10.6 Å². The van der Waals surface area contributed by atoms with Crippen molar-refractivity contribution in [1.82, 2.24) is 4.98 Å². The molecule has 0 fully saturated rings. The lowest BCUT2D eigenvalue weighted by molar-refractivity contribution is -0.136. The molecule has 0 spiro atoms. The Morgan fingerprint density at radius 3 is 2.94 bits per heavy atom. The van der Waals surface area contributed by atoms with Crippen molar-refractivity contribution in [1.29, 1.82) is 0 Å². The van der Waals surface area contributed by atoms with Crippen LogP contribution in [0.4, 0.5) is 4.39 Å². The number of aliphatic carboxylic acids is 1. The van der Waals surface area contributed by atoms with Crippen LogP contribution in [0.5, 0.6) is 0 Å². The van der Waals surface area contributed by atoms with Crippen LogP contribution in [0.15, 0.2) is 28.1 Å². The molecule has 88 valence electrons. The Morgan fingerprint density at radius 2 is 2.29 bits per heavy atom. The molecule has 1 aromatic heterocycles. The highest BCUT2D eigenvalue weighted by Gasteiger charge is 2.10. The molecule has 1 aromatic carbocycles. The molecule has 0 atom stereocenters. The Hall–Kier alpha value is -1.27. The molecule has 0 aliphatic carbocycles. The van der Waals surface area contributed by atoms with E-state index in [-0.39, 0.29) is 12.2 Å². The summed E-state index contributed by atoms with van der Waals surface area (Å²) < 4.78 is 13.5. The van der Waals surface area contributed by atoms with Gasteiger partial charge in [-0.15, -0.1) is 11.3 Å². The Kier molecular flexibility index (Phi) is 3.54. The van der Waals surface area contributed by atoms with Gasteiger partial charge in [0.05, 0.1) is 12.1 Å². The summed E-state index contributed by atoms with van der Waals surface area (Å²) in [6.07, 6.45) is -0.102. The average molecular weight is 316 g/mol. The van der Waals surface area contributed by atoms with Gasteiger partial charge < -0.3 is 5.11 Å². The minimum atomic E-state index is -0.917. The van der Waals surface area contributed by atoms with Crippen LogP contribution >= 0.6 is 27.3 Å². The Morgan fingerprint density at radius 1 is 1.53 bits per heavy atom. The van der Waals surface area contributed by atoms with Crippen LogP contribution in [0, 0.1) is 5.82 Å². The highest BCUT2D eigenvalue weighted by Crippen LogP contribution is 2.31. The summed E-state index contributed by atoms with van der Waals surface area (Å²) in [4.78, 5) is 14.7. The first-order valence-corrected chi connectivity index (χ1v) is 6.35. The van der Waals surface area contributed by atoms with Gasteiger partial charge in [0, 0.05) is 15.4 Å². The van der Waals surface area contributed by atoms with Crippen LogP contribution in [-0.2, 0) is 11.2 Å². The first kappa shape index (κ1) is 12.2. The minimum absolute atomic E-state index is 0.102. The van der Waals surface area contributed by atoms with E-state index >= 15 is 0 Å². The SMILES string of the molecule is O=C(O)Cc1csc(-c2ccc(F)cc2Br)n1. The Balaban J connectivity index is 2.33. The van der Waals surface area contributed by atoms with Crippen LogP contribution in [0.3, 0.4) is 0 Å². The molecule has 2 aromatic rings. The van der Waals surface area contributed by atoms with E-state index in [2.05, 4.69) is 20.9 Å². The van der Waals surface area contributed by atoms with Gasteiger partial charge in [0.1, 0.15) is 10.8 Å². The number of thiazole rings is 1. The lowest BCUT2D eigenvalue weighted by Gasteiger charge is -1.99. The van der Waals surface area contributed by atoms with Gasteiger partial charge in [-0.2, -0.15) is 0 Å². The maximum Gasteiger partial charge on any atom is 0.309 e. The average Bonchev–Trinajstić information content (AvgIpc) is 2.65. The molecule has 0 saturated carbocycles. The van der Waals surface area contributed by atoms with Crippen molar-refractivity contribution in [3.63, 3.8) is 0 Å². The molecule has 6 heteroatoms. The maximum absolute atomic E-state index is 12.9. The van der Waals surface area contributed by atoms with Gasteiger partial charge in [0.15, 0.2) is 0 Å². The van der Waals surface area contributed by atoms with E-state index in [1.54, 1.807) is 11.4 Å². The number of carboxylic acids is 1. The van der Waals surface area contributed by atoms with Crippen LogP contribution in [0.2, 0.25) is 0 Å². The zero-order valence-corrected chi connectivity index (χ0v) is 10.9. The fourth-order valence-electron chi connectivity index (χ4n) is 1.33. The number of carbonyl (C=O) groups is 1. The molecule has 3 nitrogen and oxygen atoms in total. The predicted molar refractivity (Wildman–Crippen MR) is 66.5 cm³/mol. The van der Waals surface area contributed by atoms with Crippen molar-refractivity contribution in [2.75, 3.05) is 0 Å². The number of aromatic nitrogens is 1. The standard InChI is InChI=1S/C11H7BrFNO2S/c12-9-3-6(13)1-2-8(9)11-14-7(5-17-11)4-10(15)16/h1-3,5H,4H2,(H,15,16). The molecule has 17 heavy (non-hydrogen) atoms. The Bertz CT molecular complexity index is 570. The van der Waals surface area contributed by atoms with Gasteiger partial charge in [-0.05, 0) is 34.1 Å². The number of benzene rings is 1. The van der Waals surface area contributed by atoms with E-state index < -0.39 is 5.97 Å². The molecular formula is C11H7BrFNO2S. The second kappa shape index (κ2) is 4.93. The highest BCUT2D eigenvalue weighted by molar-refractivity contribution is 9.10. The first-order valence-electron chi connectivity index (χ1n) is 4.68. The Labute approximate surface area is 109 Å². The predicted octanol–water partition coefficient (Wildman–Crippen LogP) is 3.34. The summed E-state index contributed by atoms with van der Waals surface area (Å²) >= 11 is 4.59. The summed E-state index contributed by atoms with van der Waals surface area (Å²) in [5.41, 5.74) is 1.27. The fourth-order valence-corrected chi connectivity index (χ4v) is 2.86. The number of hydrogen-bond acceptors (Lipinski definition) is 3. The first-order chi connectivity index (χ1) is 8.06. The normalized spacial score (nSPS) is 10.5. The zero-order valence-electron chi connectivity index (χ0n) is 8.48. The fraction of sp³-hybridized carbons (Fsp3) is 0.0909. The van der Waals surface area contributed by atoms with Crippen molar-refractivity contribution in [2.45, 2.75) is 6.42 Å². The number of hydrogen-bond donors (Lipinski definition) is 1. The van der Waals surface area contributed by atoms with Crippen molar-refractivity contribution >= 4 is 33.2 Å². The molecule has 0 aliphatic heterocycles. The molecule has 1 N–H and O–H groups in total. The summed E-state index contributed by atoms with van der Waals surface area (Å²) in [7, 11) is 0. The molecule has 0 bridgehead atoms. The van der Waals surface area contributed by atoms with Gasteiger partial charge in [-0.3, -0.25) is 4.79 Å². The van der Waals surface area contributed by atoms with Gasteiger partial charge in [0.25, 0.3) is 0 Å². The molecule has 0 aliphatic rings. The zero-order chi connectivity index (χ0) is 12.4. The van der Waals surface area contributed by atoms with Crippen molar-refractivity contribution < 1.29 is 14.3 Å². The summed E-state index contributed by atoms with van der Waals surface area (Å²) in [5, 5.41) is 11.0. The monoisotopic (exact) mass is 315 g/mol. The highest BCUT2D eigenvalue weighted by atomic mass is 79.9. The molecule has 0 radical (unpaired) electrons. The largest absolute Gasteiger partial charge is 0.481 e. The van der Waals surface area contributed by atoms with Gasteiger partial charge in [-0.1, -0.05) is 0 Å². The van der Waals surface area contributed by atoms with E-state index in [1.165, 1.54) is 23.5 Å². The lowest BCUT2D eigenvalue weighted by atomic mass is 10.2. The van der Waals surface area contributed by atoms with E-state index in [1.807, 2.05) is 0 Å². The number of nitrogens with zero attached hydrogens (tertiary/aromatic N) is 1. The van der Waals surface area contributed by atoms with E-state index in [0.29, 0.717) is 15.2 Å². The molecular weight excluding hydrogens is 309 g/mol.